The van der Waals surface area contributed by atoms with Gasteiger partial charge in [0, 0.05) is 37.6 Å². The summed E-state index contributed by atoms with van der Waals surface area (Å²) >= 11 is 0. The molecule has 1 aromatic carbocycles. The van der Waals surface area contributed by atoms with Crippen LogP contribution < -0.4 is 0 Å². The van der Waals surface area contributed by atoms with Crippen molar-refractivity contribution in [1.82, 2.24) is 24.9 Å². The zero-order chi connectivity index (χ0) is 17.5. The molecule has 2 aliphatic heterocycles. The Morgan fingerprint density at radius 2 is 1.93 bits per heavy atom. The van der Waals surface area contributed by atoms with Crippen molar-refractivity contribution < 1.29 is 9.13 Å². The third-order valence-corrected chi connectivity index (χ3v) is 5.14. The van der Waals surface area contributed by atoms with Crippen LogP contribution in [-0.4, -0.2) is 44.1 Å². The summed E-state index contributed by atoms with van der Waals surface area (Å²) in [4.78, 5) is 6.42. The Labute approximate surface area is 162 Å². The normalized spacial score (nSPS) is 21.4. The quantitative estimate of drug-likeness (QED) is 0.691. The second-order valence-electron chi connectivity index (χ2n) is 6.78. The van der Waals surface area contributed by atoms with Gasteiger partial charge in [-0.1, -0.05) is 17.3 Å². The minimum Gasteiger partial charge on any atom is -0.368 e. The number of halogens is 2. The molecular formula is C19H19ClFN5O. The maximum atomic E-state index is 14.2. The zero-order valence-electron chi connectivity index (χ0n) is 14.5. The predicted octanol–water partition coefficient (Wildman–Crippen LogP) is 2.86. The standard InChI is InChI=1S/C19H18FN5O.ClH/c20-15-4-2-1-3-14(15)19-17-12-26-18-11-24(9-13-5-7-21-8-6-13)10-16(18)25(17)23-22-19;/h1-8,16,18H,9-12H2;1H. The van der Waals surface area contributed by atoms with Crippen LogP contribution in [0.2, 0.25) is 0 Å². The molecule has 140 valence electrons. The van der Waals surface area contributed by atoms with Gasteiger partial charge in [-0.2, -0.15) is 0 Å². The van der Waals surface area contributed by atoms with E-state index in [0.29, 0.717) is 17.9 Å². The molecule has 2 atom stereocenters. The van der Waals surface area contributed by atoms with Crippen LogP contribution in [0.1, 0.15) is 17.3 Å². The van der Waals surface area contributed by atoms with Gasteiger partial charge in [-0.05, 0) is 29.8 Å². The van der Waals surface area contributed by atoms with Crippen molar-refractivity contribution in [3.8, 4) is 11.3 Å². The molecule has 0 amide bonds. The fourth-order valence-corrected chi connectivity index (χ4v) is 3.87. The van der Waals surface area contributed by atoms with Crippen LogP contribution in [0, 0.1) is 5.82 Å². The van der Waals surface area contributed by atoms with Gasteiger partial charge in [-0.15, -0.1) is 17.5 Å². The molecule has 2 aromatic heterocycles. The van der Waals surface area contributed by atoms with Crippen molar-refractivity contribution in [3.05, 3.63) is 65.9 Å². The van der Waals surface area contributed by atoms with Gasteiger partial charge >= 0.3 is 0 Å². The van der Waals surface area contributed by atoms with Crippen molar-refractivity contribution in [3.63, 3.8) is 0 Å². The molecule has 0 saturated carbocycles. The van der Waals surface area contributed by atoms with Crippen LogP contribution in [0.5, 0.6) is 0 Å². The largest absolute Gasteiger partial charge is 0.368 e. The molecule has 0 bridgehead atoms. The van der Waals surface area contributed by atoms with Crippen molar-refractivity contribution in [1.29, 1.82) is 0 Å². The molecule has 6 nitrogen and oxygen atoms in total. The van der Waals surface area contributed by atoms with Crippen molar-refractivity contribution in [2.75, 3.05) is 13.1 Å². The minimum atomic E-state index is -0.288. The maximum Gasteiger partial charge on any atom is 0.132 e. The van der Waals surface area contributed by atoms with E-state index in [1.807, 2.05) is 35.3 Å². The molecule has 2 aliphatic rings. The van der Waals surface area contributed by atoms with E-state index in [4.69, 9.17) is 4.74 Å². The Kier molecular flexibility index (Phi) is 4.90. The van der Waals surface area contributed by atoms with E-state index in [-0.39, 0.29) is 30.4 Å². The summed E-state index contributed by atoms with van der Waals surface area (Å²) < 4.78 is 22.2. The first kappa shape index (κ1) is 18.0. The molecular weight excluding hydrogens is 369 g/mol. The van der Waals surface area contributed by atoms with Gasteiger partial charge in [0.05, 0.1) is 24.4 Å². The molecule has 3 aromatic rings. The highest BCUT2D eigenvalue weighted by atomic mass is 35.5. The number of hydrogen-bond acceptors (Lipinski definition) is 5. The molecule has 0 N–H and O–H groups in total. The number of benzene rings is 1. The highest BCUT2D eigenvalue weighted by Gasteiger charge is 2.40. The lowest BCUT2D eigenvalue weighted by Gasteiger charge is -2.26. The summed E-state index contributed by atoms with van der Waals surface area (Å²) in [6.07, 6.45) is 3.70. The highest BCUT2D eigenvalue weighted by Crippen LogP contribution is 2.35. The monoisotopic (exact) mass is 387 g/mol. The summed E-state index contributed by atoms with van der Waals surface area (Å²) in [5, 5.41) is 8.61. The number of likely N-dealkylation sites (tertiary alicyclic amines) is 1. The summed E-state index contributed by atoms with van der Waals surface area (Å²) in [5.41, 5.74) is 3.13. The lowest BCUT2D eigenvalue weighted by Crippen LogP contribution is -2.32. The lowest BCUT2D eigenvalue weighted by atomic mass is 10.1. The zero-order valence-corrected chi connectivity index (χ0v) is 15.3. The van der Waals surface area contributed by atoms with Crippen molar-refractivity contribution >= 4 is 12.4 Å². The van der Waals surface area contributed by atoms with E-state index in [1.165, 1.54) is 11.6 Å². The Hall–Kier alpha value is -2.35. The molecule has 0 aliphatic carbocycles. The summed E-state index contributed by atoms with van der Waals surface area (Å²) in [7, 11) is 0. The molecule has 1 saturated heterocycles. The van der Waals surface area contributed by atoms with Gasteiger partial charge in [0.1, 0.15) is 11.5 Å². The Morgan fingerprint density at radius 1 is 1.11 bits per heavy atom. The molecule has 2 unspecified atom stereocenters. The molecule has 5 rings (SSSR count). The Morgan fingerprint density at radius 3 is 2.74 bits per heavy atom. The molecule has 4 heterocycles. The Balaban J connectivity index is 0.00000180. The third-order valence-electron chi connectivity index (χ3n) is 5.14. The Bertz CT molecular complexity index is 935. The van der Waals surface area contributed by atoms with Crippen LogP contribution >= 0.6 is 12.4 Å². The smallest absolute Gasteiger partial charge is 0.132 e. The summed E-state index contributed by atoms with van der Waals surface area (Å²) in [6, 6.07) is 10.8. The number of fused-ring (bicyclic) bond motifs is 3. The minimum absolute atomic E-state index is 0. The second kappa shape index (κ2) is 7.34. The van der Waals surface area contributed by atoms with Crippen LogP contribution in [0.25, 0.3) is 11.3 Å². The number of rotatable bonds is 3. The second-order valence-corrected chi connectivity index (χ2v) is 6.78. The van der Waals surface area contributed by atoms with E-state index in [1.54, 1.807) is 12.1 Å². The summed E-state index contributed by atoms with van der Waals surface area (Å²) in [5.74, 6) is -0.288. The third kappa shape index (κ3) is 3.22. The van der Waals surface area contributed by atoms with E-state index >= 15 is 0 Å². The van der Waals surface area contributed by atoms with Crippen LogP contribution in [0.4, 0.5) is 4.39 Å². The molecule has 8 heteroatoms. The number of ether oxygens (including phenoxy) is 1. The topological polar surface area (TPSA) is 56.1 Å². The number of pyridine rings is 1. The summed E-state index contributed by atoms with van der Waals surface area (Å²) in [6.45, 7) is 2.94. The average Bonchev–Trinajstić information content (AvgIpc) is 3.26. The van der Waals surface area contributed by atoms with Gasteiger partial charge in [0.25, 0.3) is 0 Å². The molecule has 0 radical (unpaired) electrons. The predicted molar refractivity (Wildman–Crippen MR) is 99.8 cm³/mol. The highest BCUT2D eigenvalue weighted by molar-refractivity contribution is 5.85. The number of hydrogen-bond donors (Lipinski definition) is 0. The van der Waals surface area contributed by atoms with E-state index in [9.17, 15) is 4.39 Å². The van der Waals surface area contributed by atoms with E-state index < -0.39 is 0 Å². The lowest BCUT2D eigenvalue weighted by molar-refractivity contribution is -0.00494. The fourth-order valence-electron chi connectivity index (χ4n) is 3.87. The van der Waals surface area contributed by atoms with Crippen LogP contribution in [0.15, 0.2) is 48.8 Å². The molecule has 0 spiro atoms. The number of nitrogens with zero attached hydrogens (tertiary/aromatic N) is 5. The van der Waals surface area contributed by atoms with Gasteiger partial charge < -0.3 is 4.74 Å². The van der Waals surface area contributed by atoms with E-state index in [2.05, 4.69) is 20.2 Å². The van der Waals surface area contributed by atoms with E-state index in [0.717, 1.165) is 25.3 Å². The van der Waals surface area contributed by atoms with Crippen LogP contribution in [-0.2, 0) is 17.9 Å². The molecule has 1 fully saturated rings. The molecule has 27 heavy (non-hydrogen) atoms. The first-order valence-corrected chi connectivity index (χ1v) is 8.71. The number of aromatic nitrogens is 4. The van der Waals surface area contributed by atoms with Gasteiger partial charge in [0.15, 0.2) is 0 Å². The maximum absolute atomic E-state index is 14.2. The average molecular weight is 388 g/mol. The van der Waals surface area contributed by atoms with Gasteiger partial charge in [-0.25, -0.2) is 9.07 Å². The fraction of sp³-hybridized carbons (Fsp3) is 0.316. The first-order chi connectivity index (χ1) is 12.8. The van der Waals surface area contributed by atoms with Crippen molar-refractivity contribution in [2.45, 2.75) is 25.3 Å². The van der Waals surface area contributed by atoms with Crippen LogP contribution in [0.3, 0.4) is 0 Å². The van der Waals surface area contributed by atoms with Crippen molar-refractivity contribution in [2.24, 2.45) is 0 Å². The van der Waals surface area contributed by atoms with Gasteiger partial charge in [-0.3, -0.25) is 9.88 Å². The first-order valence-electron chi connectivity index (χ1n) is 8.71. The van der Waals surface area contributed by atoms with Gasteiger partial charge in [0.2, 0.25) is 0 Å². The SMILES string of the molecule is Cl.Fc1ccccc1-c1nnn2c1COC1CN(Cc3ccncc3)CC12.